The molecular formula is C24H51BO9. The number of hydrogen-bond donors (Lipinski definition) is 0. The summed E-state index contributed by atoms with van der Waals surface area (Å²) in [5.74, 6) is 0. The molecule has 0 atom stereocenters. The third-order valence-electron chi connectivity index (χ3n) is 4.49. The highest BCUT2D eigenvalue weighted by Gasteiger charge is 2.21. The number of ether oxygens (including phenoxy) is 6. The first kappa shape index (κ1) is 33.7. The SMILES string of the molecule is CCCCOCCOCCOB(OCCOCCOCCCC)OCCOCCOCCCC. The van der Waals surface area contributed by atoms with Crippen LogP contribution in [-0.4, -0.2) is 106 Å². The van der Waals surface area contributed by atoms with Crippen LogP contribution >= 0.6 is 0 Å². The number of unbranched alkanes of at least 4 members (excludes halogenated alkanes) is 3. The summed E-state index contributed by atoms with van der Waals surface area (Å²) < 4.78 is 49.9. The molecule has 0 rings (SSSR count). The summed E-state index contributed by atoms with van der Waals surface area (Å²) in [6.45, 7) is 14.6. The first-order chi connectivity index (χ1) is 16.8. The molecule has 0 heterocycles. The van der Waals surface area contributed by atoms with Gasteiger partial charge in [0.2, 0.25) is 0 Å². The van der Waals surface area contributed by atoms with E-state index in [1.54, 1.807) is 0 Å². The second-order valence-corrected chi connectivity index (χ2v) is 7.64. The van der Waals surface area contributed by atoms with Crippen LogP contribution in [-0.2, 0) is 42.4 Å². The molecule has 0 amide bonds. The summed E-state index contributed by atoms with van der Waals surface area (Å²) in [5.41, 5.74) is 0. The lowest BCUT2D eigenvalue weighted by molar-refractivity contribution is -0.00283. The minimum Gasteiger partial charge on any atom is -0.383 e. The lowest BCUT2D eigenvalue weighted by Gasteiger charge is -2.15. The third-order valence-corrected chi connectivity index (χ3v) is 4.49. The summed E-state index contributed by atoms with van der Waals surface area (Å²) in [7, 11) is -0.793. The zero-order valence-corrected chi connectivity index (χ0v) is 22.1. The molecule has 10 heteroatoms. The van der Waals surface area contributed by atoms with Crippen LogP contribution in [0.5, 0.6) is 0 Å². The van der Waals surface area contributed by atoms with Gasteiger partial charge in [-0.15, -0.1) is 0 Å². The third kappa shape index (κ3) is 27.9. The van der Waals surface area contributed by atoms with E-state index >= 15 is 0 Å². The maximum Gasteiger partial charge on any atom is 0.639 e. The molecule has 0 unspecified atom stereocenters. The highest BCUT2D eigenvalue weighted by molar-refractivity contribution is 6.36. The van der Waals surface area contributed by atoms with Crippen molar-refractivity contribution in [1.82, 2.24) is 0 Å². The van der Waals surface area contributed by atoms with Crippen molar-refractivity contribution >= 4 is 7.32 Å². The van der Waals surface area contributed by atoms with Gasteiger partial charge in [0, 0.05) is 19.8 Å². The van der Waals surface area contributed by atoms with Crippen LogP contribution in [0, 0.1) is 0 Å². The Labute approximate surface area is 208 Å². The zero-order chi connectivity index (χ0) is 24.8. The average molecular weight is 494 g/mol. The van der Waals surface area contributed by atoms with Crippen LogP contribution in [0.3, 0.4) is 0 Å². The Hall–Kier alpha value is -0.295. The van der Waals surface area contributed by atoms with E-state index in [0.717, 1.165) is 58.3 Å². The van der Waals surface area contributed by atoms with Crippen molar-refractivity contribution in [3.05, 3.63) is 0 Å². The molecule has 0 aromatic carbocycles. The van der Waals surface area contributed by atoms with Gasteiger partial charge in [-0.25, -0.2) is 0 Å². The topological polar surface area (TPSA) is 83.1 Å². The molecule has 0 spiro atoms. The van der Waals surface area contributed by atoms with Gasteiger partial charge in [-0.2, -0.15) is 0 Å². The van der Waals surface area contributed by atoms with E-state index in [1.807, 2.05) is 0 Å². The van der Waals surface area contributed by atoms with Gasteiger partial charge in [-0.1, -0.05) is 40.0 Å². The van der Waals surface area contributed by atoms with Gasteiger partial charge < -0.3 is 42.4 Å². The van der Waals surface area contributed by atoms with Crippen molar-refractivity contribution < 1.29 is 42.4 Å². The Kier molecular flexibility index (Phi) is 30.5. The van der Waals surface area contributed by atoms with Gasteiger partial charge in [0.1, 0.15) is 0 Å². The Balaban J connectivity index is 3.85. The zero-order valence-electron chi connectivity index (χ0n) is 22.1. The summed E-state index contributed by atoms with van der Waals surface area (Å²) in [5, 5.41) is 0. The van der Waals surface area contributed by atoms with Gasteiger partial charge in [-0.05, 0) is 19.3 Å². The van der Waals surface area contributed by atoms with Crippen LogP contribution < -0.4 is 0 Å². The van der Waals surface area contributed by atoms with Crippen LogP contribution in [0.1, 0.15) is 59.3 Å². The molecule has 0 aliphatic heterocycles. The molecule has 0 radical (unpaired) electrons. The number of hydrogen-bond acceptors (Lipinski definition) is 9. The molecule has 0 bridgehead atoms. The second-order valence-electron chi connectivity index (χ2n) is 7.64. The Morgan fingerprint density at radius 1 is 0.324 bits per heavy atom. The van der Waals surface area contributed by atoms with E-state index in [2.05, 4.69) is 20.8 Å². The minimum absolute atomic E-state index is 0.359. The molecule has 9 nitrogen and oxygen atoms in total. The van der Waals surface area contributed by atoms with Crippen molar-refractivity contribution in [1.29, 1.82) is 0 Å². The maximum absolute atomic E-state index is 5.66. The highest BCUT2D eigenvalue weighted by atomic mass is 16.7. The molecule has 0 aromatic heterocycles. The fourth-order valence-electron chi connectivity index (χ4n) is 2.46. The van der Waals surface area contributed by atoms with E-state index in [4.69, 9.17) is 42.4 Å². The predicted molar refractivity (Wildman–Crippen MR) is 133 cm³/mol. The number of rotatable bonds is 30. The van der Waals surface area contributed by atoms with Crippen molar-refractivity contribution in [3.8, 4) is 0 Å². The van der Waals surface area contributed by atoms with Crippen molar-refractivity contribution in [2.24, 2.45) is 0 Å². The van der Waals surface area contributed by atoms with Crippen LogP contribution in [0.2, 0.25) is 0 Å². The molecule has 0 N–H and O–H groups in total. The molecule has 0 saturated carbocycles. The van der Waals surface area contributed by atoms with E-state index in [9.17, 15) is 0 Å². The lowest BCUT2D eigenvalue weighted by Crippen LogP contribution is -2.32. The quantitative estimate of drug-likeness (QED) is 0.110. The van der Waals surface area contributed by atoms with Crippen molar-refractivity contribution in [3.63, 3.8) is 0 Å². The molecule has 0 saturated heterocycles. The minimum atomic E-state index is -0.793. The standard InChI is InChI=1S/C24H51BO9/c1-4-7-10-26-13-16-29-19-22-32-25(33-23-20-30-17-14-27-11-8-5-2)34-24-21-31-18-15-28-12-9-6-3/h4-24H2,1-3H3. The second kappa shape index (κ2) is 30.7. The summed E-state index contributed by atoms with van der Waals surface area (Å²) >= 11 is 0. The fraction of sp³-hybridized carbons (Fsp3) is 1.00. The van der Waals surface area contributed by atoms with Crippen molar-refractivity contribution in [2.75, 3.05) is 99.1 Å². The van der Waals surface area contributed by atoms with Gasteiger partial charge in [0.15, 0.2) is 0 Å². The van der Waals surface area contributed by atoms with Crippen molar-refractivity contribution in [2.45, 2.75) is 59.3 Å². The normalized spacial score (nSPS) is 11.4. The maximum atomic E-state index is 5.66. The summed E-state index contributed by atoms with van der Waals surface area (Å²) in [6, 6.07) is 0. The Bertz CT molecular complexity index is 315. The Morgan fingerprint density at radius 2 is 0.559 bits per heavy atom. The van der Waals surface area contributed by atoms with Gasteiger partial charge in [0.05, 0.1) is 79.3 Å². The van der Waals surface area contributed by atoms with E-state index in [-0.39, 0.29) is 0 Å². The average Bonchev–Trinajstić information content (AvgIpc) is 2.85. The van der Waals surface area contributed by atoms with Crippen LogP contribution in [0.15, 0.2) is 0 Å². The molecule has 204 valence electrons. The molecule has 0 aliphatic rings. The first-order valence-corrected chi connectivity index (χ1v) is 13.2. The molecular weight excluding hydrogens is 443 g/mol. The molecule has 0 aliphatic carbocycles. The largest absolute Gasteiger partial charge is 0.639 e. The summed E-state index contributed by atoms with van der Waals surface area (Å²) in [4.78, 5) is 0. The smallest absolute Gasteiger partial charge is 0.383 e. The molecule has 0 fully saturated rings. The van der Waals surface area contributed by atoms with Gasteiger partial charge in [-0.3, -0.25) is 0 Å². The van der Waals surface area contributed by atoms with E-state index in [1.165, 1.54) is 0 Å². The Morgan fingerprint density at radius 3 is 0.824 bits per heavy atom. The predicted octanol–water partition coefficient (Wildman–Crippen LogP) is 3.52. The lowest BCUT2D eigenvalue weighted by atomic mass is 10.2. The molecule has 34 heavy (non-hydrogen) atoms. The van der Waals surface area contributed by atoms with E-state index in [0.29, 0.717) is 79.3 Å². The highest BCUT2D eigenvalue weighted by Crippen LogP contribution is 1.96. The van der Waals surface area contributed by atoms with Gasteiger partial charge in [0.25, 0.3) is 0 Å². The monoisotopic (exact) mass is 494 g/mol. The van der Waals surface area contributed by atoms with Crippen LogP contribution in [0.25, 0.3) is 0 Å². The molecule has 0 aromatic rings. The van der Waals surface area contributed by atoms with Crippen LogP contribution in [0.4, 0.5) is 0 Å². The van der Waals surface area contributed by atoms with E-state index < -0.39 is 7.32 Å². The summed E-state index contributed by atoms with van der Waals surface area (Å²) in [6.07, 6.45) is 6.61. The first-order valence-electron chi connectivity index (χ1n) is 13.2. The van der Waals surface area contributed by atoms with Gasteiger partial charge >= 0.3 is 7.32 Å². The fourth-order valence-corrected chi connectivity index (χ4v) is 2.46.